The number of carbonyl (C=O) groups is 2. The Hall–Kier alpha value is -3.59. The van der Waals surface area contributed by atoms with E-state index in [9.17, 15) is 14.7 Å². The highest BCUT2D eigenvalue weighted by Gasteiger charge is 2.34. The number of aromatic hydroxyl groups is 1. The van der Waals surface area contributed by atoms with Crippen LogP contribution in [-0.2, 0) is 9.59 Å². The molecule has 3 rings (SSSR count). The molecule has 2 N–H and O–H groups in total. The summed E-state index contributed by atoms with van der Waals surface area (Å²) in [4.78, 5) is 26.7. The Morgan fingerprint density at radius 2 is 1.69 bits per heavy atom. The van der Waals surface area contributed by atoms with Gasteiger partial charge in [-0.2, -0.15) is 0 Å². The van der Waals surface area contributed by atoms with E-state index < -0.39 is 11.8 Å². The molecule has 29 heavy (non-hydrogen) atoms. The third-order valence-corrected chi connectivity index (χ3v) is 4.51. The maximum Gasteiger partial charge on any atom is 0.270 e. The van der Waals surface area contributed by atoms with Gasteiger partial charge in [0, 0.05) is 6.07 Å². The number of hydrogen-bond donors (Lipinski definition) is 2. The molecule has 0 aromatic heterocycles. The first kappa shape index (κ1) is 20.2. The molecule has 1 fully saturated rings. The molecule has 0 bridgehead atoms. The highest BCUT2D eigenvalue weighted by Crippen LogP contribution is 2.38. The minimum atomic E-state index is -0.634. The second kappa shape index (κ2) is 8.19. The van der Waals surface area contributed by atoms with E-state index in [2.05, 4.69) is 5.32 Å². The second-order valence-electron chi connectivity index (χ2n) is 5.93. The van der Waals surface area contributed by atoms with Crippen LogP contribution < -0.4 is 24.4 Å². The van der Waals surface area contributed by atoms with Gasteiger partial charge in [-0.1, -0.05) is 6.07 Å². The number of anilines is 1. The number of amides is 2. The maximum atomic E-state index is 13.1. The highest BCUT2D eigenvalue weighted by atomic mass is 32.1. The molecule has 150 valence electrons. The van der Waals surface area contributed by atoms with E-state index in [-0.39, 0.29) is 27.9 Å². The summed E-state index contributed by atoms with van der Waals surface area (Å²) in [7, 11) is 4.27. The Balaban J connectivity index is 2.06. The van der Waals surface area contributed by atoms with Gasteiger partial charge in [0.05, 0.1) is 27.0 Å². The van der Waals surface area contributed by atoms with Gasteiger partial charge >= 0.3 is 0 Å². The van der Waals surface area contributed by atoms with Crippen LogP contribution in [0, 0.1) is 0 Å². The fraction of sp³-hybridized carbons (Fsp3) is 0.150. The molecule has 0 aliphatic carbocycles. The van der Waals surface area contributed by atoms with Crippen LogP contribution >= 0.6 is 12.2 Å². The van der Waals surface area contributed by atoms with Crippen molar-refractivity contribution >= 4 is 40.9 Å². The lowest BCUT2D eigenvalue weighted by atomic mass is 10.1. The van der Waals surface area contributed by atoms with Crippen LogP contribution in [0.25, 0.3) is 6.08 Å². The minimum absolute atomic E-state index is 0.0359. The Kier molecular flexibility index (Phi) is 5.69. The number of methoxy groups -OCH3 is 3. The molecule has 0 spiro atoms. The van der Waals surface area contributed by atoms with Crippen molar-refractivity contribution in [1.82, 2.24) is 5.32 Å². The predicted octanol–water partition coefficient (Wildman–Crippen LogP) is 2.25. The van der Waals surface area contributed by atoms with Gasteiger partial charge in [0.1, 0.15) is 11.3 Å². The number of carbonyl (C=O) groups excluding carboxylic acids is 2. The van der Waals surface area contributed by atoms with Crippen LogP contribution in [0.5, 0.6) is 23.0 Å². The summed E-state index contributed by atoms with van der Waals surface area (Å²) < 4.78 is 15.4. The quantitative estimate of drug-likeness (QED) is 0.440. The molecule has 9 heteroatoms. The van der Waals surface area contributed by atoms with E-state index in [0.717, 1.165) is 0 Å². The van der Waals surface area contributed by atoms with Crippen molar-refractivity contribution in [2.45, 2.75) is 0 Å². The van der Waals surface area contributed by atoms with Gasteiger partial charge in [0.25, 0.3) is 11.8 Å². The normalized spacial score (nSPS) is 15.3. The maximum absolute atomic E-state index is 13.1. The zero-order chi connectivity index (χ0) is 21.1. The Morgan fingerprint density at radius 1 is 1.03 bits per heavy atom. The average Bonchev–Trinajstić information content (AvgIpc) is 2.72. The van der Waals surface area contributed by atoms with Gasteiger partial charge in [-0.3, -0.25) is 19.8 Å². The minimum Gasteiger partial charge on any atom is -0.502 e. The zero-order valence-electron chi connectivity index (χ0n) is 15.9. The van der Waals surface area contributed by atoms with Crippen LogP contribution in [0.3, 0.4) is 0 Å². The molecule has 0 saturated carbocycles. The van der Waals surface area contributed by atoms with Crippen molar-refractivity contribution in [2.24, 2.45) is 0 Å². The molecule has 1 aliphatic rings. The first-order valence-corrected chi connectivity index (χ1v) is 8.81. The number of ether oxygens (including phenoxy) is 3. The summed E-state index contributed by atoms with van der Waals surface area (Å²) in [6.45, 7) is 0. The lowest BCUT2D eigenvalue weighted by Gasteiger charge is -2.29. The molecule has 0 atom stereocenters. The van der Waals surface area contributed by atoms with E-state index in [1.807, 2.05) is 0 Å². The van der Waals surface area contributed by atoms with Crippen LogP contribution in [0.1, 0.15) is 5.56 Å². The summed E-state index contributed by atoms with van der Waals surface area (Å²) in [5.41, 5.74) is 0.732. The van der Waals surface area contributed by atoms with E-state index >= 15 is 0 Å². The van der Waals surface area contributed by atoms with Crippen molar-refractivity contribution in [2.75, 3.05) is 26.2 Å². The van der Waals surface area contributed by atoms with Gasteiger partial charge in [0.2, 0.25) is 5.75 Å². The van der Waals surface area contributed by atoms with Gasteiger partial charge < -0.3 is 19.3 Å². The SMILES string of the molecule is COc1cccc(N2C(=O)/C(=C\c3cc(OC)c(O)c(OC)c3)C(=O)NC2=S)c1. The monoisotopic (exact) mass is 414 g/mol. The van der Waals surface area contributed by atoms with Crippen LogP contribution in [0.2, 0.25) is 0 Å². The number of nitrogens with one attached hydrogen (secondary N) is 1. The summed E-state index contributed by atoms with van der Waals surface area (Å²) >= 11 is 5.19. The number of benzene rings is 2. The van der Waals surface area contributed by atoms with Crippen molar-refractivity contribution in [1.29, 1.82) is 0 Å². The second-order valence-corrected chi connectivity index (χ2v) is 6.32. The number of hydrogen-bond acceptors (Lipinski definition) is 7. The molecule has 1 heterocycles. The van der Waals surface area contributed by atoms with Gasteiger partial charge in [0.15, 0.2) is 16.6 Å². The zero-order valence-corrected chi connectivity index (χ0v) is 16.7. The first-order valence-electron chi connectivity index (χ1n) is 8.40. The Labute approximate surface area is 172 Å². The number of thiocarbonyl (C=S) groups is 1. The predicted molar refractivity (Wildman–Crippen MR) is 110 cm³/mol. The number of rotatable bonds is 5. The van der Waals surface area contributed by atoms with Gasteiger partial charge in [-0.15, -0.1) is 0 Å². The van der Waals surface area contributed by atoms with Crippen LogP contribution in [0.4, 0.5) is 5.69 Å². The lowest BCUT2D eigenvalue weighted by Crippen LogP contribution is -2.54. The summed E-state index contributed by atoms with van der Waals surface area (Å²) in [5.74, 6) is -0.604. The average molecular weight is 414 g/mol. The fourth-order valence-corrected chi connectivity index (χ4v) is 3.09. The number of nitrogens with zero attached hydrogens (tertiary/aromatic N) is 1. The molecule has 2 aromatic rings. The largest absolute Gasteiger partial charge is 0.502 e. The van der Waals surface area contributed by atoms with Gasteiger partial charge in [-0.05, 0) is 48.1 Å². The highest BCUT2D eigenvalue weighted by molar-refractivity contribution is 7.80. The molecular formula is C20H18N2O6S. The van der Waals surface area contributed by atoms with Gasteiger partial charge in [-0.25, -0.2) is 0 Å². The smallest absolute Gasteiger partial charge is 0.270 e. The van der Waals surface area contributed by atoms with Crippen molar-refractivity contribution in [3.63, 3.8) is 0 Å². The number of phenolic OH excluding ortho intramolecular Hbond substituents is 1. The molecule has 0 unspecified atom stereocenters. The molecule has 0 radical (unpaired) electrons. The molecular weight excluding hydrogens is 396 g/mol. The number of phenols is 1. The molecule has 1 saturated heterocycles. The molecule has 1 aliphatic heterocycles. The third kappa shape index (κ3) is 3.85. The topological polar surface area (TPSA) is 97.3 Å². The third-order valence-electron chi connectivity index (χ3n) is 4.23. The van der Waals surface area contributed by atoms with Crippen molar-refractivity contribution in [3.05, 3.63) is 47.5 Å². The van der Waals surface area contributed by atoms with E-state index in [1.165, 1.54) is 44.4 Å². The van der Waals surface area contributed by atoms with Crippen molar-refractivity contribution in [3.8, 4) is 23.0 Å². The standard InChI is InChI=1S/C20H18N2O6S/c1-26-13-6-4-5-12(10-13)22-19(25)14(18(24)21-20(22)29)7-11-8-15(27-2)17(23)16(9-11)28-3/h4-10,23H,1-3H3,(H,21,24,29)/b14-7-. The molecule has 8 nitrogen and oxygen atoms in total. The summed E-state index contributed by atoms with van der Waals surface area (Å²) in [6.07, 6.45) is 1.37. The first-order chi connectivity index (χ1) is 13.9. The lowest BCUT2D eigenvalue weighted by molar-refractivity contribution is -0.122. The Bertz CT molecular complexity index is 1010. The Morgan fingerprint density at radius 3 is 2.28 bits per heavy atom. The van der Waals surface area contributed by atoms with Crippen LogP contribution in [-0.4, -0.2) is 43.4 Å². The van der Waals surface area contributed by atoms with Crippen molar-refractivity contribution < 1.29 is 28.9 Å². The molecule has 2 amide bonds. The van der Waals surface area contributed by atoms with Crippen LogP contribution in [0.15, 0.2) is 42.0 Å². The van der Waals surface area contributed by atoms with E-state index in [4.69, 9.17) is 26.4 Å². The van der Waals surface area contributed by atoms with E-state index in [0.29, 0.717) is 17.0 Å². The fourth-order valence-electron chi connectivity index (χ4n) is 2.81. The summed E-state index contributed by atoms with van der Waals surface area (Å²) in [5, 5.41) is 12.5. The summed E-state index contributed by atoms with van der Waals surface area (Å²) in [6, 6.07) is 9.70. The van der Waals surface area contributed by atoms with E-state index in [1.54, 1.807) is 24.3 Å². The molecule has 2 aromatic carbocycles.